The Balaban J connectivity index is 3.25. The lowest BCUT2D eigenvalue weighted by atomic mass is 10.2. The van der Waals surface area contributed by atoms with Gasteiger partial charge < -0.3 is 0 Å². The maximum absolute atomic E-state index is 12.4. The van der Waals surface area contributed by atoms with Crippen LogP contribution in [0.4, 0.5) is 8.78 Å². The molecule has 0 fully saturated rings. The van der Waals surface area contributed by atoms with E-state index < -0.39 is 6.43 Å². The zero-order valence-corrected chi connectivity index (χ0v) is 10.1. The van der Waals surface area contributed by atoms with Crippen LogP contribution in [0.15, 0.2) is 10.7 Å². The third-order valence-electron chi connectivity index (χ3n) is 1.41. The Hall–Kier alpha value is 0.260. The van der Waals surface area contributed by atoms with E-state index in [1.54, 1.807) is 0 Å². The van der Waals surface area contributed by atoms with Crippen LogP contribution in [0.25, 0.3) is 0 Å². The van der Waals surface area contributed by atoms with E-state index in [1.807, 2.05) is 0 Å². The maximum atomic E-state index is 12.4. The lowest BCUT2D eigenvalue weighted by Gasteiger charge is -2.06. The minimum absolute atomic E-state index is 0.134. The van der Waals surface area contributed by atoms with Gasteiger partial charge in [0, 0.05) is 10.9 Å². The van der Waals surface area contributed by atoms with Crippen molar-refractivity contribution in [2.45, 2.75) is 11.8 Å². The molecule has 0 amide bonds. The normalized spacial score (nSPS) is 10.9. The lowest BCUT2D eigenvalue weighted by molar-refractivity contribution is 0.150. The standard InChI is InChI=1S/C7H4Br2ClF2N/c8-2-5-3(7(11)12)1-4(10)6(9)13-5/h1,7H,2H2. The van der Waals surface area contributed by atoms with Crippen molar-refractivity contribution in [2.24, 2.45) is 0 Å². The highest BCUT2D eigenvalue weighted by Crippen LogP contribution is 2.30. The first kappa shape index (κ1) is 11.3. The fraction of sp³-hybridized carbons (Fsp3) is 0.286. The molecule has 0 unspecified atom stereocenters. The number of halogens is 5. The van der Waals surface area contributed by atoms with Crippen LogP contribution in [-0.4, -0.2) is 4.98 Å². The number of hydrogen-bond donors (Lipinski definition) is 0. The van der Waals surface area contributed by atoms with Crippen molar-refractivity contribution >= 4 is 43.5 Å². The molecule has 0 aliphatic heterocycles. The van der Waals surface area contributed by atoms with E-state index in [0.29, 0.717) is 10.3 Å². The van der Waals surface area contributed by atoms with Crippen molar-refractivity contribution in [1.82, 2.24) is 4.98 Å². The van der Waals surface area contributed by atoms with E-state index in [4.69, 9.17) is 11.6 Å². The number of pyridine rings is 1. The molecular formula is C7H4Br2ClF2N. The summed E-state index contributed by atoms with van der Waals surface area (Å²) < 4.78 is 25.2. The summed E-state index contributed by atoms with van der Waals surface area (Å²) in [4.78, 5) is 3.87. The van der Waals surface area contributed by atoms with Gasteiger partial charge in [-0.25, -0.2) is 13.8 Å². The van der Waals surface area contributed by atoms with E-state index in [9.17, 15) is 8.78 Å². The molecule has 0 bridgehead atoms. The fourth-order valence-corrected chi connectivity index (χ4v) is 1.75. The molecule has 13 heavy (non-hydrogen) atoms. The smallest absolute Gasteiger partial charge is 0.243 e. The fourth-order valence-electron chi connectivity index (χ4n) is 0.812. The molecule has 1 nitrogen and oxygen atoms in total. The summed E-state index contributed by atoms with van der Waals surface area (Å²) >= 11 is 11.8. The largest absolute Gasteiger partial charge is 0.265 e. The van der Waals surface area contributed by atoms with Gasteiger partial charge in [-0.2, -0.15) is 0 Å². The molecule has 1 rings (SSSR count). The average Bonchev–Trinajstić information content (AvgIpc) is 2.08. The molecule has 0 aliphatic rings. The SMILES string of the molecule is FC(F)c1cc(Cl)c(Br)nc1CBr. The summed E-state index contributed by atoms with van der Waals surface area (Å²) in [5, 5.41) is 0.475. The second kappa shape index (κ2) is 4.66. The molecule has 1 aromatic rings. The van der Waals surface area contributed by atoms with Crippen molar-refractivity contribution in [1.29, 1.82) is 0 Å². The molecule has 72 valence electrons. The van der Waals surface area contributed by atoms with Gasteiger partial charge in [0.2, 0.25) is 0 Å². The summed E-state index contributed by atoms with van der Waals surface area (Å²) in [6.45, 7) is 0. The minimum atomic E-state index is -2.55. The molecular weight excluding hydrogens is 331 g/mol. The lowest BCUT2D eigenvalue weighted by Crippen LogP contribution is -1.96. The molecule has 1 aromatic heterocycles. The monoisotopic (exact) mass is 333 g/mol. The Morgan fingerprint density at radius 1 is 1.54 bits per heavy atom. The van der Waals surface area contributed by atoms with E-state index in [-0.39, 0.29) is 15.9 Å². The summed E-state index contributed by atoms with van der Waals surface area (Å²) in [5.74, 6) is 0. The zero-order chi connectivity index (χ0) is 10.0. The Bertz CT molecular complexity index is 320. The summed E-state index contributed by atoms with van der Waals surface area (Å²) in [5.41, 5.74) is 0.163. The van der Waals surface area contributed by atoms with Gasteiger partial charge in [0.05, 0.1) is 10.7 Å². The van der Waals surface area contributed by atoms with E-state index in [2.05, 4.69) is 36.8 Å². The third kappa shape index (κ3) is 2.60. The molecule has 0 radical (unpaired) electrons. The van der Waals surface area contributed by atoms with Crippen LogP contribution >= 0.6 is 43.5 Å². The van der Waals surface area contributed by atoms with Gasteiger partial charge in [0.15, 0.2) is 0 Å². The van der Waals surface area contributed by atoms with Gasteiger partial charge in [-0.1, -0.05) is 27.5 Å². The van der Waals surface area contributed by atoms with Crippen LogP contribution in [0.2, 0.25) is 5.02 Å². The van der Waals surface area contributed by atoms with Crippen LogP contribution in [0, 0.1) is 0 Å². The Morgan fingerprint density at radius 2 is 2.15 bits per heavy atom. The average molecular weight is 335 g/mol. The van der Waals surface area contributed by atoms with Crippen LogP contribution in [0.3, 0.4) is 0 Å². The van der Waals surface area contributed by atoms with Crippen molar-refractivity contribution in [2.75, 3.05) is 0 Å². The second-order valence-corrected chi connectivity index (χ2v) is 3.95. The van der Waals surface area contributed by atoms with Gasteiger partial charge in [0.1, 0.15) is 4.60 Å². The number of aromatic nitrogens is 1. The molecule has 1 heterocycles. The molecule has 0 saturated heterocycles. The molecule has 0 aromatic carbocycles. The van der Waals surface area contributed by atoms with Crippen molar-refractivity contribution in [3.05, 3.63) is 26.9 Å². The van der Waals surface area contributed by atoms with Crippen molar-refractivity contribution in [3.63, 3.8) is 0 Å². The number of rotatable bonds is 2. The molecule has 0 atom stereocenters. The highest BCUT2D eigenvalue weighted by molar-refractivity contribution is 9.10. The van der Waals surface area contributed by atoms with E-state index in [1.165, 1.54) is 6.07 Å². The first-order valence-corrected chi connectivity index (χ1v) is 5.54. The molecule has 0 N–H and O–H groups in total. The van der Waals surface area contributed by atoms with Gasteiger partial charge >= 0.3 is 0 Å². The molecule has 6 heteroatoms. The van der Waals surface area contributed by atoms with Crippen LogP contribution in [0.1, 0.15) is 17.7 Å². The van der Waals surface area contributed by atoms with Crippen molar-refractivity contribution in [3.8, 4) is 0 Å². The highest BCUT2D eigenvalue weighted by atomic mass is 79.9. The van der Waals surface area contributed by atoms with Crippen LogP contribution < -0.4 is 0 Å². The summed E-state index contributed by atoms with van der Waals surface area (Å²) in [7, 11) is 0. The number of alkyl halides is 3. The van der Waals surface area contributed by atoms with E-state index >= 15 is 0 Å². The van der Waals surface area contributed by atoms with Gasteiger partial charge in [-0.05, 0) is 22.0 Å². The zero-order valence-electron chi connectivity index (χ0n) is 6.20. The molecule has 0 spiro atoms. The van der Waals surface area contributed by atoms with Gasteiger partial charge in [-0.3, -0.25) is 0 Å². The predicted molar refractivity (Wildman–Crippen MR) is 54.5 cm³/mol. The Labute approximate surface area is 95.8 Å². The highest BCUT2D eigenvalue weighted by Gasteiger charge is 2.15. The predicted octanol–water partition coefficient (Wildman–Crippen LogP) is 4.33. The van der Waals surface area contributed by atoms with Crippen LogP contribution in [0.5, 0.6) is 0 Å². The molecule has 0 saturated carbocycles. The second-order valence-electron chi connectivity index (χ2n) is 2.23. The van der Waals surface area contributed by atoms with Gasteiger partial charge in [0.25, 0.3) is 6.43 Å². The molecule has 0 aliphatic carbocycles. The minimum Gasteiger partial charge on any atom is -0.243 e. The Morgan fingerprint density at radius 3 is 2.62 bits per heavy atom. The van der Waals surface area contributed by atoms with E-state index in [0.717, 1.165) is 0 Å². The first-order valence-electron chi connectivity index (χ1n) is 3.25. The van der Waals surface area contributed by atoms with Gasteiger partial charge in [-0.15, -0.1) is 0 Å². The summed E-state index contributed by atoms with van der Waals surface area (Å²) in [6.07, 6.45) is -2.55. The summed E-state index contributed by atoms with van der Waals surface area (Å²) in [6, 6.07) is 1.22. The number of hydrogen-bond acceptors (Lipinski definition) is 1. The number of nitrogens with zero attached hydrogens (tertiary/aromatic N) is 1. The van der Waals surface area contributed by atoms with Crippen molar-refractivity contribution < 1.29 is 8.78 Å². The third-order valence-corrected chi connectivity index (χ3v) is 3.06. The first-order chi connectivity index (χ1) is 6.06. The topological polar surface area (TPSA) is 12.9 Å². The quantitative estimate of drug-likeness (QED) is 0.579. The Kier molecular flexibility index (Phi) is 4.06. The van der Waals surface area contributed by atoms with Crippen LogP contribution in [-0.2, 0) is 5.33 Å². The maximum Gasteiger partial charge on any atom is 0.265 e.